The molecule has 2 aromatic heterocycles. The van der Waals surface area contributed by atoms with E-state index in [4.69, 9.17) is 19.6 Å². The number of benzene rings is 2. The van der Waals surface area contributed by atoms with Gasteiger partial charge in [-0.3, -0.25) is 9.78 Å². The minimum absolute atomic E-state index is 0.283. The Kier molecular flexibility index (Phi) is 6.35. The average molecular weight is 497 g/mol. The zero-order valence-electron chi connectivity index (χ0n) is 21.4. The summed E-state index contributed by atoms with van der Waals surface area (Å²) in [5.41, 5.74) is 5.72. The van der Waals surface area contributed by atoms with Crippen LogP contribution in [0.15, 0.2) is 72.2 Å². The van der Waals surface area contributed by atoms with Crippen LogP contribution in [0.3, 0.4) is 0 Å². The normalized spacial score (nSPS) is 14.6. The molecule has 0 aliphatic carbocycles. The lowest BCUT2D eigenvalue weighted by Gasteiger charge is -2.29. The molecule has 0 fully saturated rings. The Labute approximate surface area is 215 Å². The first-order valence-corrected chi connectivity index (χ1v) is 11.8. The van der Waals surface area contributed by atoms with E-state index in [0.29, 0.717) is 40.2 Å². The molecule has 4 aromatic rings. The molecule has 188 valence electrons. The molecule has 2 N–H and O–H groups in total. The van der Waals surface area contributed by atoms with Crippen molar-refractivity contribution in [1.29, 1.82) is 0 Å². The van der Waals surface area contributed by atoms with E-state index in [-0.39, 0.29) is 5.91 Å². The third kappa shape index (κ3) is 4.51. The van der Waals surface area contributed by atoms with E-state index in [0.717, 1.165) is 16.7 Å². The summed E-state index contributed by atoms with van der Waals surface area (Å²) in [6.45, 7) is 5.98. The summed E-state index contributed by atoms with van der Waals surface area (Å²) in [6.07, 6.45) is 3.26. The molecule has 0 spiro atoms. The van der Waals surface area contributed by atoms with Gasteiger partial charge in [0.2, 0.25) is 5.95 Å². The van der Waals surface area contributed by atoms with Crippen LogP contribution >= 0.6 is 0 Å². The van der Waals surface area contributed by atoms with Gasteiger partial charge in [0.1, 0.15) is 17.5 Å². The third-order valence-corrected chi connectivity index (χ3v) is 6.52. The van der Waals surface area contributed by atoms with Crippen LogP contribution in [-0.2, 0) is 4.79 Å². The molecule has 3 heterocycles. The van der Waals surface area contributed by atoms with Crippen LogP contribution in [0.25, 0.3) is 11.4 Å². The number of ether oxygens (including phenoxy) is 2. The highest BCUT2D eigenvalue weighted by Gasteiger charge is 2.36. The molecule has 2 aromatic carbocycles. The molecular weight excluding hydrogens is 468 g/mol. The number of allylic oxidation sites excluding steroid dienone is 1. The number of amides is 1. The van der Waals surface area contributed by atoms with Crippen LogP contribution < -0.4 is 20.1 Å². The minimum Gasteiger partial charge on any atom is -0.497 e. The first-order valence-electron chi connectivity index (χ1n) is 11.8. The number of hydrogen-bond acceptors (Lipinski definition) is 7. The van der Waals surface area contributed by atoms with Gasteiger partial charge < -0.3 is 20.1 Å². The second kappa shape index (κ2) is 9.77. The molecule has 1 atom stereocenters. The molecule has 0 bridgehead atoms. The lowest BCUT2D eigenvalue weighted by atomic mass is 9.94. The fourth-order valence-corrected chi connectivity index (χ4v) is 4.41. The van der Waals surface area contributed by atoms with Gasteiger partial charge in [-0.25, -0.2) is 4.68 Å². The van der Waals surface area contributed by atoms with Gasteiger partial charge in [0.15, 0.2) is 5.82 Å². The van der Waals surface area contributed by atoms with E-state index in [1.807, 2.05) is 25.1 Å². The van der Waals surface area contributed by atoms with Crippen LogP contribution in [0.1, 0.15) is 29.7 Å². The first kappa shape index (κ1) is 24.1. The van der Waals surface area contributed by atoms with E-state index in [9.17, 15) is 4.79 Å². The Morgan fingerprint density at radius 3 is 2.57 bits per heavy atom. The molecule has 0 saturated carbocycles. The van der Waals surface area contributed by atoms with Gasteiger partial charge in [-0.05, 0) is 62.2 Å². The maximum atomic E-state index is 13.7. The Balaban J connectivity index is 1.65. The average Bonchev–Trinajstić information content (AvgIpc) is 3.33. The smallest absolute Gasteiger partial charge is 0.255 e. The van der Waals surface area contributed by atoms with Crippen LogP contribution in [0, 0.1) is 13.8 Å². The van der Waals surface area contributed by atoms with Gasteiger partial charge in [0.05, 0.1) is 31.7 Å². The third-order valence-electron chi connectivity index (χ3n) is 6.52. The van der Waals surface area contributed by atoms with Crippen molar-refractivity contribution in [3.05, 3.63) is 88.9 Å². The topological polar surface area (TPSA) is 103 Å². The maximum Gasteiger partial charge on any atom is 0.255 e. The molecule has 37 heavy (non-hydrogen) atoms. The van der Waals surface area contributed by atoms with Gasteiger partial charge in [0.25, 0.3) is 5.91 Å². The summed E-state index contributed by atoms with van der Waals surface area (Å²) < 4.78 is 12.9. The van der Waals surface area contributed by atoms with Gasteiger partial charge in [-0.2, -0.15) is 4.98 Å². The van der Waals surface area contributed by atoms with E-state index >= 15 is 0 Å². The Morgan fingerprint density at radius 1 is 1.03 bits per heavy atom. The number of aryl methyl sites for hydroxylation is 2. The number of carbonyl (C=O) groups is 1. The van der Waals surface area contributed by atoms with Gasteiger partial charge >= 0.3 is 0 Å². The van der Waals surface area contributed by atoms with Crippen molar-refractivity contribution < 1.29 is 14.3 Å². The number of nitrogens with one attached hydrogen (secondary N) is 2. The Hall–Kier alpha value is -4.66. The monoisotopic (exact) mass is 496 g/mol. The van der Waals surface area contributed by atoms with Gasteiger partial charge in [0, 0.05) is 29.1 Å². The van der Waals surface area contributed by atoms with Gasteiger partial charge in [-0.15, -0.1) is 5.10 Å². The molecule has 1 unspecified atom stereocenters. The van der Waals surface area contributed by atoms with Crippen molar-refractivity contribution >= 4 is 17.5 Å². The number of methoxy groups -OCH3 is 2. The summed E-state index contributed by atoms with van der Waals surface area (Å²) in [6, 6.07) is 14.6. The second-order valence-electron chi connectivity index (χ2n) is 8.87. The number of aromatic nitrogens is 4. The number of fused-ring (bicyclic) bond motifs is 1. The number of anilines is 2. The van der Waals surface area contributed by atoms with E-state index in [1.54, 1.807) is 49.5 Å². The standard InChI is InChI=1S/C28H28N6O3/c1-16-8-9-19(13-17(16)2)26-32-28-30-18(3)24(27(35)31-20-7-6-12-29-15-20)25(34(28)33-26)22-11-10-21(36-4)14-23(22)37-5/h6-15,25H,1-5H3,(H,31,35)(H,30,32,33). The van der Waals surface area contributed by atoms with Crippen molar-refractivity contribution in [3.8, 4) is 22.9 Å². The summed E-state index contributed by atoms with van der Waals surface area (Å²) in [4.78, 5) is 22.6. The first-order chi connectivity index (χ1) is 17.9. The number of rotatable bonds is 6. The van der Waals surface area contributed by atoms with Crippen LogP contribution in [0.4, 0.5) is 11.6 Å². The van der Waals surface area contributed by atoms with Crippen molar-refractivity contribution in [2.24, 2.45) is 0 Å². The molecule has 0 radical (unpaired) electrons. The minimum atomic E-state index is -0.610. The molecule has 9 nitrogen and oxygen atoms in total. The van der Waals surface area contributed by atoms with E-state index in [1.165, 1.54) is 5.56 Å². The molecule has 9 heteroatoms. The largest absolute Gasteiger partial charge is 0.497 e. The molecule has 1 amide bonds. The quantitative estimate of drug-likeness (QED) is 0.391. The van der Waals surface area contributed by atoms with Crippen molar-refractivity contribution in [2.75, 3.05) is 24.9 Å². The number of nitrogens with zero attached hydrogens (tertiary/aromatic N) is 4. The highest BCUT2D eigenvalue weighted by molar-refractivity contribution is 6.06. The molecule has 0 saturated heterocycles. The summed E-state index contributed by atoms with van der Waals surface area (Å²) in [7, 11) is 3.19. The van der Waals surface area contributed by atoms with E-state index < -0.39 is 6.04 Å². The summed E-state index contributed by atoms with van der Waals surface area (Å²) >= 11 is 0. The second-order valence-corrected chi connectivity index (χ2v) is 8.87. The number of pyridine rings is 1. The predicted molar refractivity (Wildman–Crippen MR) is 142 cm³/mol. The van der Waals surface area contributed by atoms with Crippen LogP contribution in [0.2, 0.25) is 0 Å². The lowest BCUT2D eigenvalue weighted by molar-refractivity contribution is -0.113. The highest BCUT2D eigenvalue weighted by Crippen LogP contribution is 2.41. The van der Waals surface area contributed by atoms with Crippen molar-refractivity contribution in [1.82, 2.24) is 19.7 Å². The number of hydrogen-bond donors (Lipinski definition) is 2. The molecule has 1 aliphatic rings. The molecular formula is C28H28N6O3. The predicted octanol–water partition coefficient (Wildman–Crippen LogP) is 4.90. The Morgan fingerprint density at radius 2 is 1.86 bits per heavy atom. The number of carbonyl (C=O) groups excluding carboxylic acids is 1. The Bertz CT molecular complexity index is 1510. The fraction of sp³-hybridized carbons (Fsp3) is 0.214. The maximum absolute atomic E-state index is 13.7. The summed E-state index contributed by atoms with van der Waals surface area (Å²) in [5, 5.41) is 11.1. The highest BCUT2D eigenvalue weighted by atomic mass is 16.5. The fourth-order valence-electron chi connectivity index (χ4n) is 4.41. The van der Waals surface area contributed by atoms with Crippen molar-refractivity contribution in [3.63, 3.8) is 0 Å². The van der Waals surface area contributed by atoms with E-state index in [2.05, 4.69) is 41.6 Å². The van der Waals surface area contributed by atoms with Crippen LogP contribution in [0.5, 0.6) is 11.5 Å². The lowest BCUT2D eigenvalue weighted by Crippen LogP contribution is -2.31. The SMILES string of the molecule is COc1ccc(C2C(C(=O)Nc3cccnc3)=C(C)Nc3nc(-c4ccc(C)c(C)c4)nn32)c(OC)c1. The van der Waals surface area contributed by atoms with Crippen molar-refractivity contribution in [2.45, 2.75) is 26.8 Å². The molecule has 1 aliphatic heterocycles. The van der Waals surface area contributed by atoms with Crippen LogP contribution in [-0.4, -0.2) is 39.9 Å². The molecule has 5 rings (SSSR count). The van der Waals surface area contributed by atoms with Gasteiger partial charge in [-0.1, -0.05) is 12.1 Å². The summed E-state index contributed by atoms with van der Waals surface area (Å²) in [5.74, 6) is 2.03. The zero-order valence-corrected chi connectivity index (χ0v) is 21.4. The zero-order chi connectivity index (χ0) is 26.1.